The number of carbonyl (C=O) groups excluding carboxylic acids is 1. The van der Waals surface area contributed by atoms with Crippen LogP contribution >= 0.6 is 0 Å². The second-order valence-electron chi connectivity index (χ2n) is 6.43. The second-order valence-corrected chi connectivity index (χ2v) is 6.43. The third-order valence-electron chi connectivity index (χ3n) is 4.25. The molecule has 0 atom stereocenters. The van der Waals surface area contributed by atoms with Crippen molar-refractivity contribution in [3.63, 3.8) is 0 Å². The molecule has 124 valence electrons. The Morgan fingerprint density at radius 2 is 1.71 bits per heavy atom. The summed E-state index contributed by atoms with van der Waals surface area (Å²) in [5.41, 5.74) is 4.41. The standard InChI is InChI=1S/C21H24N2O/c1-16(2)22-14-13-21(24)23-15-19-9-4-3-7-17(19)11-12-18-8-5-6-10-20(18)23/h3-12,16,22H,13-15H2,1-2H3/b12-11-. The van der Waals surface area contributed by atoms with Crippen LogP contribution in [0.15, 0.2) is 48.5 Å². The lowest BCUT2D eigenvalue weighted by Gasteiger charge is -2.27. The van der Waals surface area contributed by atoms with Crippen molar-refractivity contribution in [2.24, 2.45) is 0 Å². The van der Waals surface area contributed by atoms with Gasteiger partial charge >= 0.3 is 0 Å². The van der Waals surface area contributed by atoms with Crippen LogP contribution in [0.4, 0.5) is 5.69 Å². The predicted molar refractivity (Wildman–Crippen MR) is 101 cm³/mol. The number of anilines is 1. The van der Waals surface area contributed by atoms with Gasteiger partial charge in [0.05, 0.1) is 12.2 Å². The Hall–Kier alpha value is -2.39. The largest absolute Gasteiger partial charge is 0.314 e. The van der Waals surface area contributed by atoms with E-state index in [1.54, 1.807) is 0 Å². The van der Waals surface area contributed by atoms with Crippen molar-refractivity contribution in [3.8, 4) is 0 Å². The Morgan fingerprint density at radius 3 is 2.50 bits per heavy atom. The number of hydrogen-bond donors (Lipinski definition) is 1. The van der Waals surface area contributed by atoms with E-state index in [-0.39, 0.29) is 5.91 Å². The number of para-hydroxylation sites is 1. The van der Waals surface area contributed by atoms with Crippen LogP contribution in [0.3, 0.4) is 0 Å². The van der Waals surface area contributed by atoms with Crippen LogP contribution in [-0.4, -0.2) is 18.5 Å². The molecule has 0 radical (unpaired) electrons. The molecule has 0 unspecified atom stereocenters. The quantitative estimate of drug-likeness (QED) is 0.920. The lowest BCUT2D eigenvalue weighted by Crippen LogP contribution is -2.35. The lowest BCUT2D eigenvalue weighted by atomic mass is 10.0. The monoisotopic (exact) mass is 320 g/mol. The van der Waals surface area contributed by atoms with Gasteiger partial charge in [-0.15, -0.1) is 0 Å². The Bertz CT molecular complexity index is 749. The van der Waals surface area contributed by atoms with E-state index in [1.165, 1.54) is 11.1 Å². The molecule has 1 heterocycles. The smallest absolute Gasteiger partial charge is 0.228 e. The molecule has 1 aliphatic rings. The van der Waals surface area contributed by atoms with Gasteiger partial charge in [-0.05, 0) is 22.8 Å². The van der Waals surface area contributed by atoms with Crippen LogP contribution in [0.1, 0.15) is 37.0 Å². The van der Waals surface area contributed by atoms with E-state index in [0.717, 1.165) is 11.3 Å². The van der Waals surface area contributed by atoms with Crippen molar-refractivity contribution in [1.82, 2.24) is 5.32 Å². The SMILES string of the molecule is CC(C)NCCC(=O)N1Cc2ccccc2/C=C\c2ccccc21. The molecule has 2 aromatic carbocycles. The molecular formula is C21H24N2O. The zero-order chi connectivity index (χ0) is 16.9. The molecular weight excluding hydrogens is 296 g/mol. The molecule has 1 aliphatic heterocycles. The first-order valence-electron chi connectivity index (χ1n) is 8.54. The van der Waals surface area contributed by atoms with Gasteiger partial charge in [-0.1, -0.05) is 68.5 Å². The van der Waals surface area contributed by atoms with Crippen LogP contribution in [0.5, 0.6) is 0 Å². The minimum atomic E-state index is 0.153. The lowest BCUT2D eigenvalue weighted by molar-refractivity contribution is -0.118. The van der Waals surface area contributed by atoms with Gasteiger partial charge in [0.25, 0.3) is 0 Å². The van der Waals surface area contributed by atoms with Crippen molar-refractivity contribution in [2.75, 3.05) is 11.4 Å². The van der Waals surface area contributed by atoms with Crippen molar-refractivity contribution >= 4 is 23.7 Å². The third-order valence-corrected chi connectivity index (χ3v) is 4.25. The predicted octanol–water partition coefficient (Wildman–Crippen LogP) is 4.09. The first kappa shape index (κ1) is 16.5. The summed E-state index contributed by atoms with van der Waals surface area (Å²) < 4.78 is 0. The van der Waals surface area contributed by atoms with Gasteiger partial charge in [0, 0.05) is 19.0 Å². The molecule has 1 amide bonds. The Labute approximate surface area is 144 Å². The van der Waals surface area contributed by atoms with E-state index >= 15 is 0 Å². The number of carbonyl (C=O) groups is 1. The van der Waals surface area contributed by atoms with Gasteiger partial charge in [0.1, 0.15) is 0 Å². The zero-order valence-electron chi connectivity index (χ0n) is 14.3. The molecule has 2 aromatic rings. The fourth-order valence-electron chi connectivity index (χ4n) is 2.98. The fraction of sp³-hybridized carbons (Fsp3) is 0.286. The van der Waals surface area contributed by atoms with Gasteiger partial charge < -0.3 is 10.2 Å². The average molecular weight is 320 g/mol. The molecule has 0 bridgehead atoms. The molecule has 3 heteroatoms. The summed E-state index contributed by atoms with van der Waals surface area (Å²) in [4.78, 5) is 14.8. The minimum absolute atomic E-state index is 0.153. The summed E-state index contributed by atoms with van der Waals surface area (Å²) in [5.74, 6) is 0.153. The Morgan fingerprint density at radius 1 is 1.04 bits per heavy atom. The van der Waals surface area contributed by atoms with E-state index < -0.39 is 0 Å². The summed E-state index contributed by atoms with van der Waals surface area (Å²) in [6, 6.07) is 16.8. The maximum atomic E-state index is 12.9. The number of amides is 1. The molecule has 0 aromatic heterocycles. The van der Waals surface area contributed by atoms with Crippen LogP contribution in [0.25, 0.3) is 12.2 Å². The normalized spacial score (nSPS) is 14.5. The van der Waals surface area contributed by atoms with E-state index in [1.807, 2.05) is 35.2 Å². The number of benzene rings is 2. The van der Waals surface area contributed by atoms with E-state index in [2.05, 4.69) is 49.5 Å². The fourth-order valence-corrected chi connectivity index (χ4v) is 2.98. The van der Waals surface area contributed by atoms with Gasteiger partial charge in [0.2, 0.25) is 5.91 Å². The maximum absolute atomic E-state index is 12.9. The van der Waals surface area contributed by atoms with Crippen LogP contribution in [0.2, 0.25) is 0 Å². The zero-order valence-corrected chi connectivity index (χ0v) is 14.3. The van der Waals surface area contributed by atoms with Crippen LogP contribution in [-0.2, 0) is 11.3 Å². The highest BCUT2D eigenvalue weighted by atomic mass is 16.2. The van der Waals surface area contributed by atoms with Crippen LogP contribution < -0.4 is 10.2 Å². The third kappa shape index (κ3) is 3.74. The minimum Gasteiger partial charge on any atom is -0.314 e. The highest BCUT2D eigenvalue weighted by Crippen LogP contribution is 2.29. The summed E-state index contributed by atoms with van der Waals surface area (Å²) in [6.45, 7) is 5.50. The van der Waals surface area contributed by atoms with E-state index in [4.69, 9.17) is 0 Å². The molecule has 0 saturated carbocycles. The van der Waals surface area contributed by atoms with Gasteiger partial charge in [-0.25, -0.2) is 0 Å². The summed E-state index contributed by atoms with van der Waals surface area (Å²) >= 11 is 0. The molecule has 3 rings (SSSR count). The molecule has 24 heavy (non-hydrogen) atoms. The highest BCUT2D eigenvalue weighted by Gasteiger charge is 2.20. The summed E-state index contributed by atoms with van der Waals surface area (Å²) in [6.07, 6.45) is 4.73. The van der Waals surface area contributed by atoms with Gasteiger partial charge in [-0.3, -0.25) is 4.79 Å². The molecule has 0 fully saturated rings. The van der Waals surface area contributed by atoms with Crippen molar-refractivity contribution < 1.29 is 4.79 Å². The second kappa shape index (κ2) is 7.45. The summed E-state index contributed by atoms with van der Waals surface area (Å²) in [7, 11) is 0. The van der Waals surface area contributed by atoms with Crippen molar-refractivity contribution in [1.29, 1.82) is 0 Å². The number of nitrogens with one attached hydrogen (secondary N) is 1. The van der Waals surface area contributed by atoms with E-state index in [9.17, 15) is 4.79 Å². The topological polar surface area (TPSA) is 32.3 Å². The first-order valence-corrected chi connectivity index (χ1v) is 8.54. The summed E-state index contributed by atoms with van der Waals surface area (Å²) in [5, 5.41) is 3.33. The van der Waals surface area contributed by atoms with Crippen molar-refractivity contribution in [3.05, 3.63) is 65.2 Å². The maximum Gasteiger partial charge on any atom is 0.228 e. The Kier molecular flexibility index (Phi) is 5.11. The van der Waals surface area contributed by atoms with Gasteiger partial charge in [0.15, 0.2) is 0 Å². The molecule has 0 aliphatic carbocycles. The number of rotatable bonds is 4. The van der Waals surface area contributed by atoms with Crippen molar-refractivity contribution in [2.45, 2.75) is 32.9 Å². The number of nitrogens with zero attached hydrogens (tertiary/aromatic N) is 1. The first-order chi connectivity index (χ1) is 11.6. The number of fused-ring (bicyclic) bond motifs is 2. The van der Waals surface area contributed by atoms with E-state index in [0.29, 0.717) is 25.6 Å². The molecule has 0 saturated heterocycles. The Balaban J connectivity index is 1.92. The van der Waals surface area contributed by atoms with Crippen LogP contribution in [0, 0.1) is 0 Å². The molecule has 3 nitrogen and oxygen atoms in total. The molecule has 1 N–H and O–H groups in total. The average Bonchev–Trinajstić information content (AvgIpc) is 2.56. The molecule has 0 spiro atoms. The van der Waals surface area contributed by atoms with Gasteiger partial charge in [-0.2, -0.15) is 0 Å². The number of hydrogen-bond acceptors (Lipinski definition) is 2. The highest BCUT2D eigenvalue weighted by molar-refractivity contribution is 5.97.